The lowest BCUT2D eigenvalue weighted by Crippen LogP contribution is -2.30. The van der Waals surface area contributed by atoms with Gasteiger partial charge in [-0.15, -0.1) is 0 Å². The summed E-state index contributed by atoms with van der Waals surface area (Å²) in [6.07, 6.45) is 3.27. The fourth-order valence-electron chi connectivity index (χ4n) is 3.87. The van der Waals surface area contributed by atoms with E-state index in [1.807, 2.05) is 43.3 Å². The van der Waals surface area contributed by atoms with Crippen molar-refractivity contribution in [3.05, 3.63) is 120 Å². The van der Waals surface area contributed by atoms with Crippen molar-refractivity contribution in [2.45, 2.75) is 19.9 Å². The first-order chi connectivity index (χ1) is 20.4. The van der Waals surface area contributed by atoms with Crippen molar-refractivity contribution in [2.75, 3.05) is 19.0 Å². The number of nitrogens with zero attached hydrogens (tertiary/aromatic N) is 2. The summed E-state index contributed by atoms with van der Waals surface area (Å²) in [5.41, 5.74) is 3.27. The number of carbonyl (C=O) groups excluding carboxylic acids is 3. The highest BCUT2D eigenvalue weighted by molar-refractivity contribution is 5.96. The molecule has 0 aliphatic carbocycles. The first kappa shape index (κ1) is 31.0. The molecule has 10 nitrogen and oxygen atoms in total. The van der Waals surface area contributed by atoms with E-state index >= 15 is 0 Å². The molecule has 0 spiro atoms. The second kappa shape index (κ2) is 15.9. The van der Waals surface area contributed by atoms with E-state index in [-0.39, 0.29) is 24.7 Å². The molecular weight excluding hydrogens is 538 g/mol. The van der Waals surface area contributed by atoms with Gasteiger partial charge in [-0.3, -0.25) is 19.4 Å². The Balaban J connectivity index is 0.00000155. The van der Waals surface area contributed by atoms with Crippen LogP contribution in [-0.2, 0) is 22.6 Å². The number of hydrogen-bond donors (Lipinski definition) is 2. The zero-order chi connectivity index (χ0) is 30.3. The van der Waals surface area contributed by atoms with Crippen LogP contribution in [0.5, 0.6) is 11.5 Å². The average Bonchev–Trinajstić information content (AvgIpc) is 3.02. The van der Waals surface area contributed by atoms with Gasteiger partial charge in [-0.25, -0.2) is 4.79 Å². The third kappa shape index (κ3) is 9.30. The fourth-order valence-corrected chi connectivity index (χ4v) is 3.87. The molecule has 3 aromatic carbocycles. The molecule has 10 heteroatoms. The van der Waals surface area contributed by atoms with Gasteiger partial charge in [-0.1, -0.05) is 24.3 Å². The van der Waals surface area contributed by atoms with Gasteiger partial charge in [0.1, 0.15) is 11.5 Å². The number of pyridine rings is 1. The van der Waals surface area contributed by atoms with Crippen LogP contribution in [0.3, 0.4) is 0 Å². The van der Waals surface area contributed by atoms with Gasteiger partial charge in [-0.05, 0) is 78.7 Å². The largest absolute Gasteiger partial charge is 0.497 e. The molecule has 1 heterocycles. The lowest BCUT2D eigenvalue weighted by molar-refractivity contribution is -0.123. The normalized spacial score (nSPS) is 9.95. The smallest absolute Gasteiger partial charge is 0.345 e. The number of anilines is 1. The van der Waals surface area contributed by atoms with E-state index in [9.17, 15) is 14.4 Å². The second-order valence-electron chi connectivity index (χ2n) is 8.85. The summed E-state index contributed by atoms with van der Waals surface area (Å²) in [6.45, 7) is 2.57. The highest BCUT2D eigenvalue weighted by Gasteiger charge is 2.16. The SMILES string of the molecule is CCN(Cc1ccc(OC(=O)c2cccnc2)cc1)C(=O)c1ccc(NC(=O)Cc2ccc(OC)cc2)cc1.O=CO. The summed E-state index contributed by atoms with van der Waals surface area (Å²) < 4.78 is 10.5. The molecule has 2 N–H and O–H groups in total. The number of rotatable bonds is 10. The monoisotopic (exact) mass is 569 g/mol. The zero-order valence-electron chi connectivity index (χ0n) is 23.2. The molecule has 42 heavy (non-hydrogen) atoms. The van der Waals surface area contributed by atoms with Gasteiger partial charge in [0.05, 0.1) is 19.1 Å². The maximum Gasteiger partial charge on any atom is 0.345 e. The Morgan fingerprint density at radius 3 is 2.07 bits per heavy atom. The third-order valence-electron chi connectivity index (χ3n) is 6.01. The number of ether oxygens (including phenoxy) is 2. The van der Waals surface area contributed by atoms with Crippen LogP contribution in [0.1, 0.15) is 38.8 Å². The Morgan fingerprint density at radius 1 is 0.881 bits per heavy atom. The first-order valence-corrected chi connectivity index (χ1v) is 13.0. The number of hydrogen-bond acceptors (Lipinski definition) is 7. The Hall–Kier alpha value is -5.51. The third-order valence-corrected chi connectivity index (χ3v) is 6.01. The van der Waals surface area contributed by atoms with E-state index in [4.69, 9.17) is 19.4 Å². The lowest BCUT2D eigenvalue weighted by atomic mass is 10.1. The van der Waals surface area contributed by atoms with Crippen LogP contribution in [0, 0.1) is 0 Å². The molecule has 0 saturated heterocycles. The van der Waals surface area contributed by atoms with E-state index in [1.165, 1.54) is 6.20 Å². The van der Waals surface area contributed by atoms with Crippen LogP contribution in [0.4, 0.5) is 5.69 Å². The molecule has 0 aliphatic heterocycles. The van der Waals surface area contributed by atoms with E-state index in [2.05, 4.69) is 10.3 Å². The van der Waals surface area contributed by atoms with Crippen LogP contribution >= 0.6 is 0 Å². The Morgan fingerprint density at radius 2 is 1.50 bits per heavy atom. The van der Waals surface area contributed by atoms with Gasteiger partial charge in [0.15, 0.2) is 0 Å². The van der Waals surface area contributed by atoms with Gasteiger partial charge in [0.2, 0.25) is 5.91 Å². The topological polar surface area (TPSA) is 135 Å². The van der Waals surface area contributed by atoms with Crippen molar-refractivity contribution >= 4 is 29.9 Å². The Labute approximate surface area is 243 Å². The predicted molar refractivity (Wildman–Crippen MR) is 157 cm³/mol. The number of carboxylic acid groups (broad SMARTS) is 1. The van der Waals surface area contributed by atoms with Crippen LogP contribution in [0.15, 0.2) is 97.3 Å². The molecule has 0 bridgehead atoms. The average molecular weight is 570 g/mol. The summed E-state index contributed by atoms with van der Waals surface area (Å²) in [4.78, 5) is 51.8. The highest BCUT2D eigenvalue weighted by Crippen LogP contribution is 2.18. The molecule has 0 fully saturated rings. The highest BCUT2D eigenvalue weighted by atomic mass is 16.5. The predicted octanol–water partition coefficient (Wildman–Crippen LogP) is 4.85. The molecule has 216 valence electrons. The summed E-state index contributed by atoms with van der Waals surface area (Å²) in [5.74, 6) is 0.387. The summed E-state index contributed by atoms with van der Waals surface area (Å²) in [6, 6.07) is 24.5. The van der Waals surface area contributed by atoms with Crippen LogP contribution in [0.2, 0.25) is 0 Å². The zero-order valence-corrected chi connectivity index (χ0v) is 23.2. The number of methoxy groups -OCH3 is 1. The minimum absolute atomic E-state index is 0.124. The molecule has 2 amide bonds. The van der Waals surface area contributed by atoms with Gasteiger partial charge in [0.25, 0.3) is 12.4 Å². The van der Waals surface area contributed by atoms with Crippen molar-refractivity contribution in [3.63, 3.8) is 0 Å². The van der Waals surface area contributed by atoms with Crippen molar-refractivity contribution in [2.24, 2.45) is 0 Å². The minimum Gasteiger partial charge on any atom is -0.497 e. The quantitative estimate of drug-likeness (QED) is 0.157. The van der Waals surface area contributed by atoms with Gasteiger partial charge >= 0.3 is 5.97 Å². The van der Waals surface area contributed by atoms with E-state index in [1.54, 1.807) is 66.7 Å². The maximum atomic E-state index is 13.1. The first-order valence-electron chi connectivity index (χ1n) is 13.0. The molecule has 0 atom stereocenters. The molecule has 0 saturated carbocycles. The molecule has 4 rings (SSSR count). The van der Waals surface area contributed by atoms with Crippen LogP contribution in [0.25, 0.3) is 0 Å². The van der Waals surface area contributed by atoms with E-state index in [0.717, 1.165) is 16.9 Å². The fraction of sp³-hybridized carbons (Fsp3) is 0.156. The molecule has 0 radical (unpaired) electrons. The summed E-state index contributed by atoms with van der Waals surface area (Å²) >= 11 is 0. The lowest BCUT2D eigenvalue weighted by Gasteiger charge is -2.21. The van der Waals surface area contributed by atoms with Crippen LogP contribution < -0.4 is 14.8 Å². The number of carbonyl (C=O) groups is 4. The second-order valence-corrected chi connectivity index (χ2v) is 8.85. The molecule has 0 aliphatic rings. The number of amides is 2. The summed E-state index contributed by atoms with van der Waals surface area (Å²) in [5, 5.41) is 9.75. The Bertz CT molecular complexity index is 1460. The van der Waals surface area contributed by atoms with Crippen molar-refractivity contribution in [3.8, 4) is 11.5 Å². The molecule has 0 unspecified atom stereocenters. The number of benzene rings is 3. The molecular formula is C32H31N3O7. The molecule has 4 aromatic rings. The maximum absolute atomic E-state index is 13.1. The van der Waals surface area contributed by atoms with Gasteiger partial charge in [0, 0.05) is 36.7 Å². The van der Waals surface area contributed by atoms with Crippen molar-refractivity contribution in [1.29, 1.82) is 0 Å². The van der Waals surface area contributed by atoms with Crippen molar-refractivity contribution < 1.29 is 33.8 Å². The number of nitrogens with one attached hydrogen (secondary N) is 1. The Kier molecular flexibility index (Phi) is 11.8. The minimum atomic E-state index is -0.485. The van der Waals surface area contributed by atoms with E-state index < -0.39 is 5.97 Å². The van der Waals surface area contributed by atoms with Crippen molar-refractivity contribution in [1.82, 2.24) is 9.88 Å². The number of esters is 1. The van der Waals surface area contributed by atoms with E-state index in [0.29, 0.717) is 35.7 Å². The van der Waals surface area contributed by atoms with Gasteiger partial charge in [-0.2, -0.15) is 0 Å². The van der Waals surface area contributed by atoms with Crippen LogP contribution in [-0.4, -0.2) is 52.9 Å². The standard InChI is InChI=1S/C31H29N3O5.CH2O2/c1-3-34(21-23-8-16-28(17-9-23)39-31(37)25-5-4-18-32-20-25)30(36)24-10-12-26(13-11-24)33-29(35)19-22-6-14-27(38-2)15-7-22;2-1-3/h4-18,20H,3,19,21H2,1-2H3,(H,33,35);1H,(H,2,3). The van der Waals surface area contributed by atoms with Gasteiger partial charge < -0.3 is 24.8 Å². The summed E-state index contributed by atoms with van der Waals surface area (Å²) in [7, 11) is 1.60. The molecule has 1 aromatic heterocycles. The number of aromatic nitrogens is 1.